The zero-order valence-electron chi connectivity index (χ0n) is 11.5. The first kappa shape index (κ1) is 15.8. The molecule has 1 saturated carbocycles. The maximum Gasteiger partial charge on any atom is 0.315 e. The topological polar surface area (TPSA) is 87.7 Å². The highest BCUT2D eigenvalue weighted by Crippen LogP contribution is 2.24. The Morgan fingerprint density at radius 2 is 2.16 bits per heavy atom. The molecule has 0 heterocycles. The number of urea groups is 1. The first-order valence-electron chi connectivity index (χ1n) is 6.98. The second kappa shape index (κ2) is 8.74. The van der Waals surface area contributed by atoms with Gasteiger partial charge in [0.15, 0.2) is 0 Å². The molecule has 6 heteroatoms. The van der Waals surface area contributed by atoms with Crippen LogP contribution in [0.2, 0.25) is 0 Å². The van der Waals surface area contributed by atoms with Gasteiger partial charge in [-0.1, -0.05) is 6.42 Å². The molecular formula is C13H24N2O4. The van der Waals surface area contributed by atoms with E-state index in [0.717, 1.165) is 19.3 Å². The number of nitrogens with one attached hydrogen (secondary N) is 2. The number of amides is 2. The Morgan fingerprint density at radius 1 is 1.37 bits per heavy atom. The lowest BCUT2D eigenvalue weighted by Gasteiger charge is -2.27. The first-order valence-corrected chi connectivity index (χ1v) is 6.98. The highest BCUT2D eigenvalue weighted by molar-refractivity contribution is 5.74. The van der Waals surface area contributed by atoms with Crippen LogP contribution in [-0.4, -0.2) is 42.9 Å². The van der Waals surface area contributed by atoms with Gasteiger partial charge in [-0.2, -0.15) is 0 Å². The Bertz CT molecular complexity index is 296. The summed E-state index contributed by atoms with van der Waals surface area (Å²) in [6, 6.07) is -0.241. The number of hydrogen-bond acceptors (Lipinski definition) is 3. The zero-order chi connectivity index (χ0) is 14.1. The highest BCUT2D eigenvalue weighted by atomic mass is 16.5. The number of carboxylic acids is 1. The zero-order valence-corrected chi connectivity index (χ0v) is 11.5. The van der Waals surface area contributed by atoms with Crippen LogP contribution in [0.5, 0.6) is 0 Å². The Hall–Kier alpha value is -1.30. The molecule has 0 aromatic carbocycles. The lowest BCUT2D eigenvalue weighted by Crippen LogP contribution is -2.45. The van der Waals surface area contributed by atoms with Crippen LogP contribution < -0.4 is 10.6 Å². The molecular weight excluding hydrogens is 248 g/mol. The van der Waals surface area contributed by atoms with E-state index in [2.05, 4.69) is 10.6 Å². The minimum atomic E-state index is -0.761. The average molecular weight is 272 g/mol. The summed E-state index contributed by atoms with van der Waals surface area (Å²) in [7, 11) is 0. The fraction of sp³-hybridized carbons (Fsp3) is 0.846. The van der Waals surface area contributed by atoms with E-state index in [4.69, 9.17) is 9.84 Å². The van der Waals surface area contributed by atoms with Crippen molar-refractivity contribution < 1.29 is 19.4 Å². The molecule has 0 spiro atoms. The lowest BCUT2D eigenvalue weighted by atomic mass is 9.86. The SMILES string of the molecule is CCOCCCNC(=O)NC1CCCC(C(=O)O)C1. The average Bonchev–Trinajstić information content (AvgIpc) is 2.38. The molecule has 0 aromatic rings. The Labute approximate surface area is 113 Å². The Balaban J connectivity index is 2.15. The van der Waals surface area contributed by atoms with Gasteiger partial charge in [-0.15, -0.1) is 0 Å². The summed E-state index contributed by atoms with van der Waals surface area (Å²) in [6.45, 7) is 3.83. The van der Waals surface area contributed by atoms with Gasteiger partial charge < -0.3 is 20.5 Å². The van der Waals surface area contributed by atoms with E-state index in [1.54, 1.807) is 0 Å². The molecule has 19 heavy (non-hydrogen) atoms. The van der Waals surface area contributed by atoms with Crippen LogP contribution in [0.4, 0.5) is 4.79 Å². The Morgan fingerprint density at radius 3 is 2.84 bits per heavy atom. The van der Waals surface area contributed by atoms with Crippen molar-refractivity contribution in [2.24, 2.45) is 5.92 Å². The minimum Gasteiger partial charge on any atom is -0.481 e. The third kappa shape index (κ3) is 6.42. The largest absolute Gasteiger partial charge is 0.481 e. The van der Waals surface area contributed by atoms with Gasteiger partial charge in [-0.3, -0.25) is 4.79 Å². The number of carbonyl (C=O) groups is 2. The van der Waals surface area contributed by atoms with Crippen molar-refractivity contribution in [2.45, 2.75) is 45.1 Å². The van der Waals surface area contributed by atoms with Crippen molar-refractivity contribution in [1.82, 2.24) is 10.6 Å². The number of carboxylic acid groups (broad SMARTS) is 1. The monoisotopic (exact) mass is 272 g/mol. The van der Waals surface area contributed by atoms with Gasteiger partial charge in [0.05, 0.1) is 5.92 Å². The Kier molecular flexibility index (Phi) is 7.25. The molecule has 2 amide bonds. The van der Waals surface area contributed by atoms with Crippen LogP contribution in [0.25, 0.3) is 0 Å². The molecule has 3 N–H and O–H groups in total. The second-order valence-electron chi connectivity index (χ2n) is 4.85. The molecule has 2 atom stereocenters. The predicted octanol–water partition coefficient (Wildman–Crippen LogP) is 1.36. The molecule has 0 radical (unpaired) electrons. The van der Waals surface area contributed by atoms with E-state index < -0.39 is 5.97 Å². The standard InChI is InChI=1S/C13H24N2O4/c1-2-19-8-4-7-14-13(18)15-11-6-3-5-10(9-11)12(16)17/h10-11H,2-9H2,1H3,(H,16,17)(H2,14,15,18). The summed E-state index contributed by atoms with van der Waals surface area (Å²) in [5.41, 5.74) is 0. The van der Waals surface area contributed by atoms with Crippen LogP contribution >= 0.6 is 0 Å². The molecule has 0 aliphatic heterocycles. The molecule has 1 aliphatic carbocycles. The molecule has 0 aromatic heterocycles. The number of carbonyl (C=O) groups excluding carboxylic acids is 1. The molecule has 1 rings (SSSR count). The van der Waals surface area contributed by atoms with Crippen molar-refractivity contribution >= 4 is 12.0 Å². The van der Waals surface area contributed by atoms with Gasteiger partial charge in [0.1, 0.15) is 0 Å². The second-order valence-corrected chi connectivity index (χ2v) is 4.85. The summed E-state index contributed by atoms with van der Waals surface area (Å²) in [6.07, 6.45) is 3.73. The summed E-state index contributed by atoms with van der Waals surface area (Å²) >= 11 is 0. The van der Waals surface area contributed by atoms with Crippen molar-refractivity contribution in [3.05, 3.63) is 0 Å². The molecule has 1 aliphatic rings. The van der Waals surface area contributed by atoms with E-state index >= 15 is 0 Å². The minimum absolute atomic E-state index is 0.0262. The van der Waals surface area contributed by atoms with Crippen LogP contribution in [0.3, 0.4) is 0 Å². The summed E-state index contributed by atoms with van der Waals surface area (Å²) in [4.78, 5) is 22.5. The molecule has 6 nitrogen and oxygen atoms in total. The smallest absolute Gasteiger partial charge is 0.315 e. The predicted molar refractivity (Wildman–Crippen MR) is 71.0 cm³/mol. The van der Waals surface area contributed by atoms with Gasteiger partial charge in [0.2, 0.25) is 0 Å². The van der Waals surface area contributed by atoms with Gasteiger partial charge in [-0.05, 0) is 32.6 Å². The molecule has 0 bridgehead atoms. The van der Waals surface area contributed by atoms with Gasteiger partial charge in [0, 0.05) is 25.8 Å². The van der Waals surface area contributed by atoms with E-state index in [0.29, 0.717) is 32.6 Å². The fourth-order valence-corrected chi connectivity index (χ4v) is 2.30. The fourth-order valence-electron chi connectivity index (χ4n) is 2.30. The molecule has 1 fully saturated rings. The van der Waals surface area contributed by atoms with Gasteiger partial charge in [0.25, 0.3) is 0 Å². The van der Waals surface area contributed by atoms with E-state index in [-0.39, 0.29) is 18.0 Å². The van der Waals surface area contributed by atoms with Crippen molar-refractivity contribution in [1.29, 1.82) is 0 Å². The van der Waals surface area contributed by atoms with E-state index in [1.165, 1.54) is 0 Å². The molecule has 110 valence electrons. The number of rotatable bonds is 7. The number of hydrogen-bond donors (Lipinski definition) is 3. The quantitative estimate of drug-likeness (QED) is 0.611. The van der Waals surface area contributed by atoms with Crippen LogP contribution in [0.15, 0.2) is 0 Å². The first-order chi connectivity index (χ1) is 9.13. The maximum atomic E-state index is 11.6. The number of aliphatic carboxylic acids is 1. The van der Waals surface area contributed by atoms with Gasteiger partial charge in [-0.25, -0.2) is 4.79 Å². The van der Waals surface area contributed by atoms with E-state index in [1.807, 2.05) is 6.92 Å². The van der Waals surface area contributed by atoms with Crippen LogP contribution in [0, 0.1) is 5.92 Å². The van der Waals surface area contributed by atoms with Gasteiger partial charge >= 0.3 is 12.0 Å². The molecule has 2 unspecified atom stereocenters. The maximum absolute atomic E-state index is 11.6. The summed E-state index contributed by atoms with van der Waals surface area (Å²) in [5.74, 6) is -1.08. The third-order valence-corrected chi connectivity index (χ3v) is 3.31. The summed E-state index contributed by atoms with van der Waals surface area (Å²) in [5, 5.41) is 14.6. The lowest BCUT2D eigenvalue weighted by molar-refractivity contribution is -0.143. The number of ether oxygens (including phenoxy) is 1. The highest BCUT2D eigenvalue weighted by Gasteiger charge is 2.27. The van der Waals surface area contributed by atoms with Crippen molar-refractivity contribution in [3.63, 3.8) is 0 Å². The normalized spacial score (nSPS) is 22.8. The third-order valence-electron chi connectivity index (χ3n) is 3.31. The molecule has 0 saturated heterocycles. The van der Waals surface area contributed by atoms with Crippen molar-refractivity contribution in [3.8, 4) is 0 Å². The van der Waals surface area contributed by atoms with E-state index in [9.17, 15) is 9.59 Å². The van der Waals surface area contributed by atoms with Crippen molar-refractivity contribution in [2.75, 3.05) is 19.8 Å². The van der Waals surface area contributed by atoms with Crippen LogP contribution in [0.1, 0.15) is 39.0 Å². The van der Waals surface area contributed by atoms with Crippen LogP contribution in [-0.2, 0) is 9.53 Å². The summed E-state index contributed by atoms with van der Waals surface area (Å²) < 4.78 is 5.17.